The zero-order valence-electron chi connectivity index (χ0n) is 12.2. The predicted molar refractivity (Wildman–Crippen MR) is 71.2 cm³/mol. The number of carbonyl (C=O) groups is 1. The van der Waals surface area contributed by atoms with Gasteiger partial charge in [-0.2, -0.15) is 0 Å². The number of hydrogen-bond donors (Lipinski definition) is 1. The van der Waals surface area contributed by atoms with Crippen molar-refractivity contribution in [2.24, 2.45) is 0 Å². The SMILES string of the molecule is CCN(CCCNC(C)C)C(=O)OC(C)(C)C. The standard InChI is InChI=1S/C13H28N2O2/c1-7-15(10-8-9-14-11(2)3)12(16)17-13(4,5)6/h11,14H,7-10H2,1-6H3. The molecule has 0 aromatic heterocycles. The largest absolute Gasteiger partial charge is 0.444 e. The minimum atomic E-state index is -0.416. The topological polar surface area (TPSA) is 41.6 Å². The van der Waals surface area contributed by atoms with E-state index in [4.69, 9.17) is 4.74 Å². The van der Waals surface area contributed by atoms with Crippen LogP contribution >= 0.6 is 0 Å². The van der Waals surface area contributed by atoms with E-state index in [1.807, 2.05) is 27.7 Å². The van der Waals surface area contributed by atoms with Gasteiger partial charge in [-0.1, -0.05) is 13.8 Å². The Morgan fingerprint density at radius 2 is 1.94 bits per heavy atom. The summed E-state index contributed by atoms with van der Waals surface area (Å²) in [5, 5.41) is 3.33. The van der Waals surface area contributed by atoms with Crippen LogP contribution in [0.1, 0.15) is 48.0 Å². The molecule has 4 heteroatoms. The van der Waals surface area contributed by atoms with E-state index >= 15 is 0 Å². The van der Waals surface area contributed by atoms with Crippen LogP contribution in [0.5, 0.6) is 0 Å². The van der Waals surface area contributed by atoms with Crippen molar-refractivity contribution in [2.45, 2.75) is 59.6 Å². The molecule has 1 amide bonds. The summed E-state index contributed by atoms with van der Waals surface area (Å²) in [6.07, 6.45) is 0.732. The summed E-state index contributed by atoms with van der Waals surface area (Å²) in [4.78, 5) is 13.5. The Morgan fingerprint density at radius 1 is 1.35 bits per heavy atom. The zero-order chi connectivity index (χ0) is 13.5. The maximum atomic E-state index is 11.8. The van der Waals surface area contributed by atoms with Crippen LogP contribution in [0, 0.1) is 0 Å². The van der Waals surface area contributed by atoms with E-state index in [0.29, 0.717) is 12.6 Å². The molecule has 0 atom stereocenters. The molecule has 0 saturated heterocycles. The summed E-state index contributed by atoms with van der Waals surface area (Å²) in [7, 11) is 0. The van der Waals surface area contributed by atoms with Gasteiger partial charge < -0.3 is 15.0 Å². The van der Waals surface area contributed by atoms with Gasteiger partial charge in [-0.15, -0.1) is 0 Å². The van der Waals surface area contributed by atoms with E-state index in [1.54, 1.807) is 4.90 Å². The smallest absolute Gasteiger partial charge is 0.410 e. The molecule has 0 rings (SSSR count). The van der Waals surface area contributed by atoms with Gasteiger partial charge in [-0.05, 0) is 40.7 Å². The fraction of sp³-hybridized carbons (Fsp3) is 0.923. The summed E-state index contributed by atoms with van der Waals surface area (Å²) in [6, 6.07) is 0.492. The molecule has 0 aliphatic rings. The fourth-order valence-corrected chi connectivity index (χ4v) is 1.37. The van der Waals surface area contributed by atoms with Gasteiger partial charge in [0.05, 0.1) is 0 Å². The Balaban J connectivity index is 3.94. The van der Waals surface area contributed by atoms with Crippen LogP contribution in [0.4, 0.5) is 4.79 Å². The van der Waals surface area contributed by atoms with Gasteiger partial charge in [-0.3, -0.25) is 0 Å². The Kier molecular flexibility index (Phi) is 7.19. The molecule has 0 saturated carbocycles. The Labute approximate surface area is 106 Å². The Bertz CT molecular complexity index is 222. The van der Waals surface area contributed by atoms with E-state index in [0.717, 1.165) is 19.5 Å². The number of rotatable bonds is 6. The third-order valence-corrected chi connectivity index (χ3v) is 2.19. The highest BCUT2D eigenvalue weighted by atomic mass is 16.6. The van der Waals surface area contributed by atoms with Crippen LogP contribution < -0.4 is 5.32 Å². The quantitative estimate of drug-likeness (QED) is 0.730. The summed E-state index contributed by atoms with van der Waals surface area (Å²) < 4.78 is 5.34. The second-order valence-corrected chi connectivity index (χ2v) is 5.52. The second-order valence-electron chi connectivity index (χ2n) is 5.52. The van der Waals surface area contributed by atoms with Crippen LogP contribution in [-0.4, -0.2) is 42.3 Å². The average Bonchev–Trinajstić information content (AvgIpc) is 2.14. The lowest BCUT2D eigenvalue weighted by Gasteiger charge is -2.26. The summed E-state index contributed by atoms with van der Waals surface area (Å²) in [6.45, 7) is 14.2. The molecule has 0 bridgehead atoms. The maximum Gasteiger partial charge on any atom is 0.410 e. The van der Waals surface area contributed by atoms with Crippen molar-refractivity contribution < 1.29 is 9.53 Å². The first-order valence-electron chi connectivity index (χ1n) is 6.47. The molecule has 0 fully saturated rings. The van der Waals surface area contributed by atoms with Crippen molar-refractivity contribution in [3.63, 3.8) is 0 Å². The number of nitrogens with one attached hydrogen (secondary N) is 1. The van der Waals surface area contributed by atoms with Gasteiger partial charge in [0.1, 0.15) is 5.60 Å². The van der Waals surface area contributed by atoms with Gasteiger partial charge in [0.15, 0.2) is 0 Å². The number of amides is 1. The van der Waals surface area contributed by atoms with Crippen molar-refractivity contribution in [3.8, 4) is 0 Å². The highest BCUT2D eigenvalue weighted by Gasteiger charge is 2.20. The predicted octanol–water partition coefficient (Wildman–Crippen LogP) is 2.63. The molecule has 0 aliphatic carbocycles. The summed E-state index contributed by atoms with van der Waals surface area (Å²) >= 11 is 0. The lowest BCUT2D eigenvalue weighted by Crippen LogP contribution is -2.38. The molecule has 17 heavy (non-hydrogen) atoms. The average molecular weight is 244 g/mol. The van der Waals surface area contributed by atoms with E-state index in [2.05, 4.69) is 19.2 Å². The van der Waals surface area contributed by atoms with E-state index in [-0.39, 0.29) is 6.09 Å². The molecule has 102 valence electrons. The highest BCUT2D eigenvalue weighted by molar-refractivity contribution is 5.68. The lowest BCUT2D eigenvalue weighted by molar-refractivity contribution is 0.0258. The number of ether oxygens (including phenoxy) is 1. The maximum absolute atomic E-state index is 11.8. The fourth-order valence-electron chi connectivity index (χ4n) is 1.37. The molecule has 0 heterocycles. The number of carbonyl (C=O) groups excluding carboxylic acids is 1. The molecule has 0 aromatic rings. The Hall–Kier alpha value is -0.770. The van der Waals surface area contributed by atoms with Crippen LogP contribution in [0.25, 0.3) is 0 Å². The molecular formula is C13H28N2O2. The third kappa shape index (κ3) is 8.98. The molecule has 0 aromatic carbocycles. The van der Waals surface area contributed by atoms with Gasteiger partial charge in [0.25, 0.3) is 0 Å². The number of hydrogen-bond acceptors (Lipinski definition) is 3. The molecule has 0 unspecified atom stereocenters. The van der Waals surface area contributed by atoms with E-state index in [1.165, 1.54) is 0 Å². The van der Waals surface area contributed by atoms with Gasteiger partial charge in [-0.25, -0.2) is 4.79 Å². The molecule has 4 nitrogen and oxygen atoms in total. The Morgan fingerprint density at radius 3 is 2.35 bits per heavy atom. The van der Waals surface area contributed by atoms with Crippen LogP contribution in [0.15, 0.2) is 0 Å². The first-order chi connectivity index (χ1) is 7.76. The lowest BCUT2D eigenvalue weighted by atomic mass is 10.2. The molecule has 0 spiro atoms. The van der Waals surface area contributed by atoms with Crippen LogP contribution in [-0.2, 0) is 4.74 Å². The van der Waals surface area contributed by atoms with Gasteiger partial charge in [0, 0.05) is 19.1 Å². The molecular weight excluding hydrogens is 216 g/mol. The second kappa shape index (κ2) is 7.54. The van der Waals surface area contributed by atoms with E-state index in [9.17, 15) is 4.79 Å². The van der Waals surface area contributed by atoms with Gasteiger partial charge >= 0.3 is 6.09 Å². The van der Waals surface area contributed by atoms with Crippen molar-refractivity contribution >= 4 is 6.09 Å². The summed E-state index contributed by atoms with van der Waals surface area (Å²) in [5.41, 5.74) is -0.416. The minimum absolute atomic E-state index is 0.218. The number of nitrogens with zero attached hydrogens (tertiary/aromatic N) is 1. The monoisotopic (exact) mass is 244 g/mol. The zero-order valence-corrected chi connectivity index (χ0v) is 12.2. The van der Waals surface area contributed by atoms with E-state index < -0.39 is 5.60 Å². The van der Waals surface area contributed by atoms with Gasteiger partial charge in [0.2, 0.25) is 0 Å². The minimum Gasteiger partial charge on any atom is -0.444 e. The van der Waals surface area contributed by atoms with Crippen molar-refractivity contribution in [2.75, 3.05) is 19.6 Å². The van der Waals surface area contributed by atoms with Crippen molar-refractivity contribution in [1.29, 1.82) is 0 Å². The molecule has 0 radical (unpaired) electrons. The highest BCUT2D eigenvalue weighted by Crippen LogP contribution is 2.09. The molecule has 0 aliphatic heterocycles. The molecule has 1 N–H and O–H groups in total. The normalized spacial score (nSPS) is 11.7. The van der Waals surface area contributed by atoms with Crippen LogP contribution in [0.2, 0.25) is 0 Å². The summed E-state index contributed by atoms with van der Waals surface area (Å²) in [5.74, 6) is 0. The first kappa shape index (κ1) is 16.2. The third-order valence-electron chi connectivity index (χ3n) is 2.19. The van der Waals surface area contributed by atoms with Crippen molar-refractivity contribution in [1.82, 2.24) is 10.2 Å². The first-order valence-corrected chi connectivity index (χ1v) is 6.47. The van der Waals surface area contributed by atoms with Crippen LogP contribution in [0.3, 0.4) is 0 Å². The van der Waals surface area contributed by atoms with Crippen molar-refractivity contribution in [3.05, 3.63) is 0 Å².